The summed E-state index contributed by atoms with van der Waals surface area (Å²) in [5.74, 6) is 0.382. The second-order valence-electron chi connectivity index (χ2n) is 7.34. The first-order chi connectivity index (χ1) is 14.9. The van der Waals surface area contributed by atoms with Crippen molar-refractivity contribution >= 4 is 11.9 Å². The number of fused-ring (bicyclic) bond motifs is 1. The Morgan fingerprint density at radius 1 is 1.10 bits per heavy atom. The summed E-state index contributed by atoms with van der Waals surface area (Å²) in [5, 5.41) is 7.19. The Morgan fingerprint density at radius 2 is 1.84 bits per heavy atom. The van der Waals surface area contributed by atoms with Crippen molar-refractivity contribution in [3.8, 4) is 17.2 Å². The lowest BCUT2D eigenvalue weighted by molar-refractivity contribution is -0.129. The monoisotopic (exact) mass is 421 g/mol. The molecular weight excluding hydrogens is 398 g/mol. The number of nitrogens with zero attached hydrogens (tertiary/aromatic N) is 2. The highest BCUT2D eigenvalue weighted by molar-refractivity contribution is 5.92. The van der Waals surface area contributed by atoms with Crippen LogP contribution in [0.4, 0.5) is 0 Å². The van der Waals surface area contributed by atoms with Crippen molar-refractivity contribution in [2.45, 2.75) is 33.4 Å². The first-order valence-electron chi connectivity index (χ1n) is 9.91. The lowest BCUT2D eigenvalue weighted by Gasteiger charge is -2.14. The predicted molar refractivity (Wildman–Crippen MR) is 112 cm³/mol. The van der Waals surface area contributed by atoms with E-state index in [2.05, 4.69) is 10.4 Å². The number of carbonyl (C=O) groups is 2. The van der Waals surface area contributed by atoms with E-state index >= 15 is 0 Å². The van der Waals surface area contributed by atoms with E-state index in [9.17, 15) is 9.59 Å². The minimum Gasteiger partial charge on any atom is -0.454 e. The van der Waals surface area contributed by atoms with Crippen LogP contribution < -0.4 is 14.8 Å². The number of benzene rings is 2. The van der Waals surface area contributed by atoms with Gasteiger partial charge < -0.3 is 19.5 Å². The Hall–Kier alpha value is -3.81. The van der Waals surface area contributed by atoms with E-state index < -0.39 is 12.1 Å². The number of esters is 1. The molecule has 8 nitrogen and oxygen atoms in total. The number of aromatic nitrogens is 2. The van der Waals surface area contributed by atoms with Crippen LogP contribution in [-0.4, -0.2) is 34.6 Å². The second kappa shape index (κ2) is 8.51. The summed E-state index contributed by atoms with van der Waals surface area (Å²) in [4.78, 5) is 24.8. The average Bonchev–Trinajstić information content (AvgIpc) is 3.36. The number of hydrogen-bond donors (Lipinski definition) is 1. The van der Waals surface area contributed by atoms with Crippen molar-refractivity contribution in [3.05, 3.63) is 71.0 Å². The maximum absolute atomic E-state index is 12.4. The van der Waals surface area contributed by atoms with Crippen LogP contribution in [0.15, 0.2) is 48.5 Å². The Bertz CT molecular complexity index is 1120. The zero-order valence-corrected chi connectivity index (χ0v) is 17.5. The smallest absolute Gasteiger partial charge is 0.338 e. The Labute approximate surface area is 179 Å². The number of amides is 1. The topological polar surface area (TPSA) is 91.7 Å². The third kappa shape index (κ3) is 4.53. The molecule has 1 atom stereocenters. The van der Waals surface area contributed by atoms with E-state index in [0.717, 1.165) is 22.6 Å². The zero-order chi connectivity index (χ0) is 22.0. The molecule has 1 aromatic heterocycles. The number of hydrogen-bond acceptors (Lipinski definition) is 6. The van der Waals surface area contributed by atoms with Crippen LogP contribution in [0.1, 0.15) is 34.2 Å². The molecule has 0 radical (unpaired) electrons. The molecule has 1 aliphatic rings. The molecular formula is C23H23N3O5. The van der Waals surface area contributed by atoms with Crippen LogP contribution in [0.3, 0.4) is 0 Å². The molecule has 3 aromatic rings. The van der Waals surface area contributed by atoms with Crippen molar-refractivity contribution in [1.82, 2.24) is 15.1 Å². The fourth-order valence-corrected chi connectivity index (χ4v) is 3.29. The largest absolute Gasteiger partial charge is 0.454 e. The molecule has 2 aromatic carbocycles. The maximum atomic E-state index is 12.4. The molecule has 0 bridgehead atoms. The van der Waals surface area contributed by atoms with Crippen molar-refractivity contribution in [3.63, 3.8) is 0 Å². The number of nitrogens with one attached hydrogen (secondary N) is 1. The van der Waals surface area contributed by atoms with Gasteiger partial charge in [-0.3, -0.25) is 4.79 Å². The Morgan fingerprint density at radius 3 is 2.55 bits per heavy atom. The maximum Gasteiger partial charge on any atom is 0.338 e. The quantitative estimate of drug-likeness (QED) is 0.615. The van der Waals surface area contributed by atoms with Crippen LogP contribution >= 0.6 is 0 Å². The molecule has 0 spiro atoms. The van der Waals surface area contributed by atoms with Crippen molar-refractivity contribution < 1.29 is 23.8 Å². The second-order valence-corrected chi connectivity index (χ2v) is 7.34. The standard InChI is InChI=1S/C23H23N3O5/c1-14-10-15(2)26(25-14)19-7-5-18(6-8-19)23(28)31-16(3)22(27)24-12-17-4-9-20-21(11-17)30-13-29-20/h4-11,16H,12-13H2,1-3H3,(H,24,27). The number of ether oxygens (including phenoxy) is 3. The lowest BCUT2D eigenvalue weighted by atomic mass is 10.2. The van der Waals surface area contributed by atoms with Gasteiger partial charge in [-0.05, 0) is 68.8 Å². The van der Waals surface area contributed by atoms with Crippen LogP contribution in [0.5, 0.6) is 11.5 Å². The molecule has 8 heteroatoms. The zero-order valence-electron chi connectivity index (χ0n) is 17.5. The molecule has 2 heterocycles. The predicted octanol–water partition coefficient (Wildman–Crippen LogP) is 3.08. The SMILES string of the molecule is Cc1cc(C)n(-c2ccc(C(=O)OC(C)C(=O)NCc3ccc4c(c3)OCO4)cc2)n1. The lowest BCUT2D eigenvalue weighted by Crippen LogP contribution is -2.35. The van der Waals surface area contributed by atoms with Crippen molar-refractivity contribution in [1.29, 1.82) is 0 Å². The fraction of sp³-hybridized carbons (Fsp3) is 0.261. The summed E-state index contributed by atoms with van der Waals surface area (Å²) in [6, 6.07) is 14.3. The number of carbonyl (C=O) groups excluding carboxylic acids is 2. The van der Waals surface area contributed by atoms with Crippen LogP contribution in [0.2, 0.25) is 0 Å². The Balaban J connectivity index is 1.32. The van der Waals surface area contributed by atoms with E-state index in [1.165, 1.54) is 6.92 Å². The van der Waals surface area contributed by atoms with Crippen molar-refractivity contribution in [2.24, 2.45) is 0 Å². The molecule has 1 aliphatic heterocycles. The van der Waals surface area contributed by atoms with Gasteiger partial charge >= 0.3 is 5.97 Å². The molecule has 0 aliphatic carbocycles. The molecule has 1 amide bonds. The highest BCUT2D eigenvalue weighted by atomic mass is 16.7. The van der Waals surface area contributed by atoms with Gasteiger partial charge in [0.05, 0.1) is 16.9 Å². The van der Waals surface area contributed by atoms with E-state index in [0.29, 0.717) is 17.1 Å². The van der Waals surface area contributed by atoms with Gasteiger partial charge in [-0.1, -0.05) is 6.07 Å². The summed E-state index contributed by atoms with van der Waals surface area (Å²) < 4.78 is 17.7. The summed E-state index contributed by atoms with van der Waals surface area (Å²) >= 11 is 0. The summed E-state index contributed by atoms with van der Waals surface area (Å²) in [6.07, 6.45) is -0.933. The van der Waals surface area contributed by atoms with Gasteiger partial charge in [0.15, 0.2) is 17.6 Å². The number of rotatable bonds is 6. The Kier molecular flexibility index (Phi) is 5.62. The van der Waals surface area contributed by atoms with E-state index in [1.54, 1.807) is 35.0 Å². The normalized spacial score (nSPS) is 13.0. The summed E-state index contributed by atoms with van der Waals surface area (Å²) in [5.41, 5.74) is 3.98. The van der Waals surface area contributed by atoms with Gasteiger partial charge in [-0.2, -0.15) is 5.10 Å². The van der Waals surface area contributed by atoms with Gasteiger partial charge in [0.1, 0.15) is 0 Å². The molecule has 4 rings (SSSR count). The molecule has 1 N–H and O–H groups in total. The third-order valence-corrected chi connectivity index (χ3v) is 4.91. The van der Waals surface area contributed by atoms with Crippen molar-refractivity contribution in [2.75, 3.05) is 6.79 Å². The van der Waals surface area contributed by atoms with Gasteiger partial charge in [0, 0.05) is 12.2 Å². The third-order valence-electron chi connectivity index (χ3n) is 4.91. The van der Waals surface area contributed by atoms with Gasteiger partial charge in [0.25, 0.3) is 5.91 Å². The first-order valence-corrected chi connectivity index (χ1v) is 9.91. The molecule has 31 heavy (non-hydrogen) atoms. The average molecular weight is 421 g/mol. The highest BCUT2D eigenvalue weighted by Gasteiger charge is 2.20. The minimum absolute atomic E-state index is 0.195. The van der Waals surface area contributed by atoms with E-state index in [4.69, 9.17) is 14.2 Å². The van der Waals surface area contributed by atoms with Gasteiger partial charge in [-0.15, -0.1) is 0 Å². The minimum atomic E-state index is -0.933. The van der Waals surface area contributed by atoms with E-state index in [-0.39, 0.29) is 19.2 Å². The fourth-order valence-electron chi connectivity index (χ4n) is 3.29. The molecule has 160 valence electrons. The van der Waals surface area contributed by atoms with Crippen LogP contribution in [0, 0.1) is 13.8 Å². The van der Waals surface area contributed by atoms with Crippen LogP contribution in [-0.2, 0) is 16.1 Å². The van der Waals surface area contributed by atoms with Crippen LogP contribution in [0.25, 0.3) is 5.69 Å². The van der Waals surface area contributed by atoms with E-state index in [1.807, 2.05) is 32.0 Å². The molecule has 0 saturated carbocycles. The number of aryl methyl sites for hydroxylation is 2. The van der Waals surface area contributed by atoms with Gasteiger partial charge in [-0.25, -0.2) is 9.48 Å². The summed E-state index contributed by atoms with van der Waals surface area (Å²) in [6.45, 7) is 5.91. The first kappa shape index (κ1) is 20.5. The summed E-state index contributed by atoms with van der Waals surface area (Å²) in [7, 11) is 0. The molecule has 0 saturated heterocycles. The van der Waals surface area contributed by atoms with Gasteiger partial charge in [0.2, 0.25) is 6.79 Å². The molecule has 1 unspecified atom stereocenters. The molecule has 0 fully saturated rings. The highest BCUT2D eigenvalue weighted by Crippen LogP contribution is 2.32.